The lowest BCUT2D eigenvalue weighted by molar-refractivity contribution is 0.0569. The normalized spacial score (nSPS) is 20.9. The summed E-state index contributed by atoms with van der Waals surface area (Å²) in [6.07, 6.45) is 3.59. The van der Waals surface area contributed by atoms with Gasteiger partial charge in [-0.2, -0.15) is 4.31 Å². The molecule has 1 saturated carbocycles. The summed E-state index contributed by atoms with van der Waals surface area (Å²) in [4.78, 5) is 0.434. The standard InChI is InChI=1S/C16H23NO3S/c1-12-3-6-16(11-13(12)2)21(18,19)17(14-4-5-14)15-7-9-20-10-8-15/h3,6,11,14-15H,4-5,7-10H2,1-2H3. The number of rotatable bonds is 4. The molecule has 1 saturated heterocycles. The maximum Gasteiger partial charge on any atom is 0.243 e. The zero-order valence-electron chi connectivity index (χ0n) is 12.7. The van der Waals surface area contributed by atoms with Crippen molar-refractivity contribution in [3.63, 3.8) is 0 Å². The highest BCUT2D eigenvalue weighted by atomic mass is 32.2. The molecule has 4 nitrogen and oxygen atoms in total. The van der Waals surface area contributed by atoms with Crippen LogP contribution in [0.4, 0.5) is 0 Å². The average molecular weight is 309 g/mol. The van der Waals surface area contributed by atoms with Gasteiger partial charge in [-0.1, -0.05) is 6.07 Å². The number of ether oxygens (including phenoxy) is 1. The quantitative estimate of drug-likeness (QED) is 0.859. The second-order valence-corrected chi connectivity index (χ2v) is 8.00. The van der Waals surface area contributed by atoms with Crippen LogP contribution in [-0.4, -0.2) is 38.0 Å². The fourth-order valence-corrected chi connectivity index (χ4v) is 4.97. The third-order valence-electron chi connectivity index (χ3n) is 4.51. The Hall–Kier alpha value is -0.910. The van der Waals surface area contributed by atoms with E-state index in [0.29, 0.717) is 18.1 Å². The van der Waals surface area contributed by atoms with E-state index in [2.05, 4.69) is 0 Å². The summed E-state index contributed by atoms with van der Waals surface area (Å²) in [5.41, 5.74) is 2.15. The fraction of sp³-hybridized carbons (Fsp3) is 0.625. The Labute approximate surface area is 127 Å². The van der Waals surface area contributed by atoms with Gasteiger partial charge in [-0.05, 0) is 62.8 Å². The van der Waals surface area contributed by atoms with Crippen LogP contribution in [0.2, 0.25) is 0 Å². The first-order valence-electron chi connectivity index (χ1n) is 7.68. The molecule has 116 valence electrons. The summed E-state index contributed by atoms with van der Waals surface area (Å²) in [6.45, 7) is 5.29. The molecule has 2 aliphatic rings. The van der Waals surface area contributed by atoms with E-state index < -0.39 is 10.0 Å². The van der Waals surface area contributed by atoms with Crippen molar-refractivity contribution in [2.45, 2.75) is 56.5 Å². The monoisotopic (exact) mass is 309 g/mol. The molecule has 0 radical (unpaired) electrons. The van der Waals surface area contributed by atoms with Gasteiger partial charge in [0.1, 0.15) is 0 Å². The summed E-state index contributed by atoms with van der Waals surface area (Å²) >= 11 is 0. The molecule has 0 spiro atoms. The van der Waals surface area contributed by atoms with Crippen molar-refractivity contribution in [2.24, 2.45) is 0 Å². The van der Waals surface area contributed by atoms with Crippen LogP contribution >= 0.6 is 0 Å². The Kier molecular flexibility index (Phi) is 4.08. The van der Waals surface area contributed by atoms with E-state index in [0.717, 1.165) is 36.8 Å². The van der Waals surface area contributed by atoms with E-state index >= 15 is 0 Å². The van der Waals surface area contributed by atoms with Gasteiger partial charge < -0.3 is 4.74 Å². The van der Waals surface area contributed by atoms with Crippen molar-refractivity contribution < 1.29 is 13.2 Å². The lowest BCUT2D eigenvalue weighted by Crippen LogP contribution is -2.44. The van der Waals surface area contributed by atoms with Gasteiger partial charge in [-0.15, -0.1) is 0 Å². The number of sulfonamides is 1. The summed E-state index contributed by atoms with van der Waals surface area (Å²) in [7, 11) is -3.40. The van der Waals surface area contributed by atoms with Gasteiger partial charge in [0.15, 0.2) is 0 Å². The summed E-state index contributed by atoms with van der Waals surface area (Å²) in [5.74, 6) is 0. The highest BCUT2D eigenvalue weighted by Gasteiger charge is 2.42. The van der Waals surface area contributed by atoms with Gasteiger partial charge >= 0.3 is 0 Å². The molecule has 0 bridgehead atoms. The van der Waals surface area contributed by atoms with E-state index in [1.165, 1.54) is 0 Å². The second kappa shape index (κ2) is 5.71. The first-order chi connectivity index (χ1) is 10.00. The number of aryl methyl sites for hydroxylation is 2. The molecule has 5 heteroatoms. The largest absolute Gasteiger partial charge is 0.381 e. The molecule has 0 atom stereocenters. The van der Waals surface area contributed by atoms with Gasteiger partial charge in [0.05, 0.1) is 4.90 Å². The third-order valence-corrected chi connectivity index (χ3v) is 6.51. The first kappa shape index (κ1) is 15.0. The smallest absolute Gasteiger partial charge is 0.243 e. The molecule has 1 heterocycles. The van der Waals surface area contributed by atoms with Crippen LogP contribution in [0.25, 0.3) is 0 Å². The summed E-state index contributed by atoms with van der Waals surface area (Å²) in [6, 6.07) is 5.74. The van der Waals surface area contributed by atoms with Crippen molar-refractivity contribution in [2.75, 3.05) is 13.2 Å². The molecule has 1 aromatic rings. The molecule has 0 amide bonds. The zero-order valence-corrected chi connectivity index (χ0v) is 13.5. The van der Waals surface area contributed by atoms with Crippen LogP contribution in [0.3, 0.4) is 0 Å². The Bertz CT molecular complexity index is 616. The third kappa shape index (κ3) is 3.00. The Morgan fingerprint density at radius 3 is 2.19 bits per heavy atom. The molecular formula is C16H23NO3S. The molecule has 1 aliphatic heterocycles. The van der Waals surface area contributed by atoms with E-state index in [1.807, 2.05) is 19.9 Å². The van der Waals surface area contributed by atoms with Crippen LogP contribution < -0.4 is 0 Å². The molecule has 21 heavy (non-hydrogen) atoms. The molecule has 0 N–H and O–H groups in total. The van der Waals surface area contributed by atoms with Crippen molar-refractivity contribution in [1.82, 2.24) is 4.31 Å². The van der Waals surface area contributed by atoms with Gasteiger partial charge in [0, 0.05) is 25.3 Å². The minimum absolute atomic E-state index is 0.0952. The van der Waals surface area contributed by atoms with E-state index in [9.17, 15) is 8.42 Å². The second-order valence-electron chi connectivity index (χ2n) is 6.16. The number of benzene rings is 1. The molecule has 1 aliphatic carbocycles. The Morgan fingerprint density at radius 1 is 1.00 bits per heavy atom. The van der Waals surface area contributed by atoms with Gasteiger partial charge in [0.25, 0.3) is 0 Å². The fourth-order valence-electron chi connectivity index (χ4n) is 2.96. The number of nitrogens with zero attached hydrogens (tertiary/aromatic N) is 1. The van der Waals surface area contributed by atoms with Crippen molar-refractivity contribution in [1.29, 1.82) is 0 Å². The Balaban J connectivity index is 1.94. The molecule has 0 aromatic heterocycles. The first-order valence-corrected chi connectivity index (χ1v) is 9.12. The van der Waals surface area contributed by atoms with Crippen LogP contribution in [-0.2, 0) is 14.8 Å². The average Bonchev–Trinajstić information content (AvgIpc) is 3.27. The molecule has 3 rings (SSSR count). The molecule has 1 aromatic carbocycles. The minimum atomic E-state index is -3.40. The van der Waals surface area contributed by atoms with E-state index in [-0.39, 0.29) is 12.1 Å². The maximum atomic E-state index is 13.1. The maximum absolute atomic E-state index is 13.1. The SMILES string of the molecule is Cc1ccc(S(=O)(=O)N(C2CCOCC2)C2CC2)cc1C. The summed E-state index contributed by atoms with van der Waals surface area (Å²) in [5, 5.41) is 0. The van der Waals surface area contributed by atoms with Crippen molar-refractivity contribution >= 4 is 10.0 Å². The van der Waals surface area contributed by atoms with E-state index in [4.69, 9.17) is 4.74 Å². The topological polar surface area (TPSA) is 46.6 Å². The van der Waals surface area contributed by atoms with Crippen LogP contribution in [0, 0.1) is 13.8 Å². The minimum Gasteiger partial charge on any atom is -0.381 e. The van der Waals surface area contributed by atoms with Crippen LogP contribution in [0.15, 0.2) is 23.1 Å². The van der Waals surface area contributed by atoms with Gasteiger partial charge in [0.2, 0.25) is 10.0 Å². The number of hydrogen-bond donors (Lipinski definition) is 0. The summed E-state index contributed by atoms with van der Waals surface area (Å²) < 4.78 is 33.3. The highest BCUT2D eigenvalue weighted by Crippen LogP contribution is 2.36. The molecule has 0 unspecified atom stereocenters. The Morgan fingerprint density at radius 2 is 1.62 bits per heavy atom. The predicted octanol–water partition coefficient (Wildman–Crippen LogP) is 2.64. The predicted molar refractivity (Wildman–Crippen MR) is 81.8 cm³/mol. The number of hydrogen-bond acceptors (Lipinski definition) is 3. The van der Waals surface area contributed by atoms with Crippen molar-refractivity contribution in [3.05, 3.63) is 29.3 Å². The lowest BCUT2D eigenvalue weighted by atomic mass is 10.1. The highest BCUT2D eigenvalue weighted by molar-refractivity contribution is 7.89. The van der Waals surface area contributed by atoms with E-state index in [1.54, 1.807) is 16.4 Å². The van der Waals surface area contributed by atoms with Crippen molar-refractivity contribution in [3.8, 4) is 0 Å². The molecular weight excluding hydrogens is 286 g/mol. The lowest BCUT2D eigenvalue weighted by Gasteiger charge is -2.33. The van der Waals surface area contributed by atoms with Crippen LogP contribution in [0.5, 0.6) is 0 Å². The van der Waals surface area contributed by atoms with Gasteiger partial charge in [-0.25, -0.2) is 8.42 Å². The zero-order chi connectivity index (χ0) is 15.0. The van der Waals surface area contributed by atoms with Gasteiger partial charge in [-0.3, -0.25) is 0 Å². The molecule has 2 fully saturated rings. The van der Waals surface area contributed by atoms with Crippen LogP contribution in [0.1, 0.15) is 36.8 Å².